The lowest BCUT2D eigenvalue weighted by molar-refractivity contribution is 0.356. The summed E-state index contributed by atoms with van der Waals surface area (Å²) in [5.74, 6) is 1.03. The molecule has 0 heterocycles. The van der Waals surface area contributed by atoms with Gasteiger partial charge in [-0.3, -0.25) is 0 Å². The van der Waals surface area contributed by atoms with Gasteiger partial charge in [0.2, 0.25) is 0 Å². The van der Waals surface area contributed by atoms with Gasteiger partial charge in [-0.15, -0.1) is 0 Å². The average Bonchev–Trinajstić information content (AvgIpc) is 3.20. The zero-order valence-corrected chi connectivity index (χ0v) is 11.5. The minimum Gasteiger partial charge on any atom is -0.329 e. The minimum absolute atomic E-state index is 0.0326. The van der Waals surface area contributed by atoms with E-state index in [0.717, 1.165) is 18.9 Å². The fourth-order valence-corrected chi connectivity index (χ4v) is 2.44. The maximum atomic E-state index is 5.95. The van der Waals surface area contributed by atoms with Gasteiger partial charge in [0.15, 0.2) is 0 Å². The first-order valence-electron chi connectivity index (χ1n) is 7.21. The van der Waals surface area contributed by atoms with Crippen LogP contribution in [-0.4, -0.2) is 18.6 Å². The molecule has 0 bridgehead atoms. The van der Waals surface area contributed by atoms with E-state index < -0.39 is 0 Å². The number of nitrogens with one attached hydrogen (secondary N) is 1. The summed E-state index contributed by atoms with van der Waals surface area (Å²) in [6.45, 7) is 4.01. The molecular weight excluding hydrogens is 220 g/mol. The van der Waals surface area contributed by atoms with Crippen LogP contribution in [0.15, 0.2) is 30.3 Å². The van der Waals surface area contributed by atoms with Crippen molar-refractivity contribution in [2.24, 2.45) is 11.7 Å². The third kappa shape index (κ3) is 4.43. The highest BCUT2D eigenvalue weighted by Crippen LogP contribution is 2.33. The Labute approximate surface area is 111 Å². The van der Waals surface area contributed by atoms with Crippen LogP contribution in [0, 0.1) is 5.92 Å². The van der Waals surface area contributed by atoms with Crippen molar-refractivity contribution in [1.29, 1.82) is 0 Å². The second kappa shape index (κ2) is 6.35. The van der Waals surface area contributed by atoms with Crippen LogP contribution in [0.2, 0.25) is 0 Å². The molecule has 1 aromatic carbocycles. The Morgan fingerprint density at radius 3 is 2.61 bits per heavy atom. The molecule has 100 valence electrons. The van der Waals surface area contributed by atoms with Gasteiger partial charge in [-0.2, -0.15) is 0 Å². The Morgan fingerprint density at radius 1 is 1.28 bits per heavy atom. The first kappa shape index (κ1) is 13.6. The summed E-state index contributed by atoms with van der Waals surface area (Å²) < 4.78 is 0. The summed E-state index contributed by atoms with van der Waals surface area (Å²) >= 11 is 0. The highest BCUT2D eigenvalue weighted by Gasteiger charge is 2.23. The average molecular weight is 246 g/mol. The van der Waals surface area contributed by atoms with Gasteiger partial charge >= 0.3 is 0 Å². The van der Waals surface area contributed by atoms with E-state index in [0.29, 0.717) is 6.54 Å². The van der Waals surface area contributed by atoms with E-state index in [4.69, 9.17) is 5.73 Å². The molecule has 1 aliphatic carbocycles. The molecule has 1 saturated carbocycles. The summed E-state index contributed by atoms with van der Waals surface area (Å²) in [5, 5.41) is 3.65. The van der Waals surface area contributed by atoms with Gasteiger partial charge in [0, 0.05) is 12.1 Å². The second-order valence-electron chi connectivity index (χ2n) is 5.94. The van der Waals surface area contributed by atoms with Crippen molar-refractivity contribution in [2.75, 3.05) is 13.1 Å². The van der Waals surface area contributed by atoms with Crippen LogP contribution in [0.1, 0.15) is 38.2 Å². The topological polar surface area (TPSA) is 38.0 Å². The lowest BCUT2D eigenvalue weighted by atomic mass is 9.92. The van der Waals surface area contributed by atoms with Gasteiger partial charge in [-0.1, -0.05) is 43.2 Å². The molecule has 2 rings (SSSR count). The van der Waals surface area contributed by atoms with Gasteiger partial charge in [0.25, 0.3) is 0 Å². The zero-order valence-electron chi connectivity index (χ0n) is 11.5. The van der Waals surface area contributed by atoms with Crippen LogP contribution in [0.5, 0.6) is 0 Å². The smallest absolute Gasteiger partial charge is 0.0316 e. The maximum Gasteiger partial charge on any atom is 0.0316 e. The van der Waals surface area contributed by atoms with Gasteiger partial charge in [-0.25, -0.2) is 0 Å². The van der Waals surface area contributed by atoms with Crippen molar-refractivity contribution < 1.29 is 0 Å². The molecule has 1 aliphatic rings. The summed E-state index contributed by atoms with van der Waals surface area (Å²) in [6.07, 6.45) is 6.60. The predicted octanol–water partition coefficient (Wildman–Crippen LogP) is 2.73. The standard InChI is InChI=1S/C16H26N2/c1-16(13-17,12-15-6-3-2-4-7-15)18-11-5-8-14-9-10-14/h2-4,6-7,14,18H,5,8-13,17H2,1H3. The summed E-state index contributed by atoms with van der Waals surface area (Å²) in [5.41, 5.74) is 7.34. The number of hydrogen-bond donors (Lipinski definition) is 2. The van der Waals surface area contributed by atoms with Gasteiger partial charge in [0.1, 0.15) is 0 Å². The van der Waals surface area contributed by atoms with Crippen molar-refractivity contribution >= 4 is 0 Å². The van der Waals surface area contributed by atoms with Crippen LogP contribution in [0.4, 0.5) is 0 Å². The SMILES string of the molecule is CC(CN)(Cc1ccccc1)NCCCC1CC1. The molecule has 1 aromatic rings. The second-order valence-corrected chi connectivity index (χ2v) is 5.94. The molecule has 1 atom stereocenters. The number of nitrogens with two attached hydrogens (primary N) is 1. The van der Waals surface area contributed by atoms with Crippen molar-refractivity contribution in [3.8, 4) is 0 Å². The lowest BCUT2D eigenvalue weighted by Crippen LogP contribution is -2.50. The van der Waals surface area contributed by atoms with E-state index in [1.54, 1.807) is 0 Å². The highest BCUT2D eigenvalue weighted by molar-refractivity contribution is 5.17. The Hall–Kier alpha value is -0.860. The monoisotopic (exact) mass is 246 g/mol. The summed E-state index contributed by atoms with van der Waals surface area (Å²) in [6, 6.07) is 10.6. The predicted molar refractivity (Wildman–Crippen MR) is 77.6 cm³/mol. The maximum absolute atomic E-state index is 5.95. The van der Waals surface area contributed by atoms with Crippen molar-refractivity contribution in [2.45, 2.75) is 44.6 Å². The van der Waals surface area contributed by atoms with Crippen molar-refractivity contribution in [1.82, 2.24) is 5.32 Å². The Bertz CT molecular complexity index is 345. The van der Waals surface area contributed by atoms with Crippen LogP contribution >= 0.6 is 0 Å². The van der Waals surface area contributed by atoms with Crippen LogP contribution in [0.25, 0.3) is 0 Å². The van der Waals surface area contributed by atoms with Crippen molar-refractivity contribution in [3.05, 3.63) is 35.9 Å². The summed E-state index contributed by atoms with van der Waals surface area (Å²) in [7, 11) is 0. The molecule has 0 aromatic heterocycles. The van der Waals surface area contributed by atoms with Crippen molar-refractivity contribution in [3.63, 3.8) is 0 Å². The molecule has 1 fully saturated rings. The molecular formula is C16H26N2. The lowest BCUT2D eigenvalue weighted by Gasteiger charge is -2.30. The summed E-state index contributed by atoms with van der Waals surface area (Å²) in [4.78, 5) is 0. The van der Waals surface area contributed by atoms with Gasteiger partial charge in [0.05, 0.1) is 0 Å². The molecule has 0 aliphatic heterocycles. The molecule has 0 saturated heterocycles. The van der Waals surface area contributed by atoms with Crippen LogP contribution in [0.3, 0.4) is 0 Å². The number of benzene rings is 1. The zero-order chi connectivity index (χ0) is 12.8. The fourth-order valence-electron chi connectivity index (χ4n) is 2.44. The van der Waals surface area contributed by atoms with E-state index in [-0.39, 0.29) is 5.54 Å². The largest absolute Gasteiger partial charge is 0.329 e. The molecule has 0 amide bonds. The molecule has 18 heavy (non-hydrogen) atoms. The van der Waals surface area contributed by atoms with Gasteiger partial charge in [-0.05, 0) is 44.2 Å². The Morgan fingerprint density at radius 2 is 2.00 bits per heavy atom. The quantitative estimate of drug-likeness (QED) is 0.692. The molecule has 2 heteroatoms. The number of rotatable bonds is 8. The van der Waals surface area contributed by atoms with Crippen LogP contribution in [-0.2, 0) is 6.42 Å². The number of hydrogen-bond acceptors (Lipinski definition) is 2. The van der Waals surface area contributed by atoms with E-state index in [1.165, 1.54) is 31.2 Å². The van der Waals surface area contributed by atoms with Gasteiger partial charge < -0.3 is 11.1 Å². The third-order valence-corrected chi connectivity index (χ3v) is 3.93. The van der Waals surface area contributed by atoms with E-state index in [2.05, 4.69) is 42.6 Å². The molecule has 0 spiro atoms. The first-order valence-corrected chi connectivity index (χ1v) is 7.21. The normalized spacial score (nSPS) is 18.6. The molecule has 3 N–H and O–H groups in total. The molecule has 2 nitrogen and oxygen atoms in total. The third-order valence-electron chi connectivity index (χ3n) is 3.93. The highest BCUT2D eigenvalue weighted by atomic mass is 15.0. The fraction of sp³-hybridized carbons (Fsp3) is 0.625. The molecule has 0 radical (unpaired) electrons. The Balaban J connectivity index is 1.76. The Kier molecular flexibility index (Phi) is 4.79. The van der Waals surface area contributed by atoms with E-state index >= 15 is 0 Å². The van der Waals surface area contributed by atoms with E-state index in [9.17, 15) is 0 Å². The van der Waals surface area contributed by atoms with E-state index in [1.807, 2.05) is 0 Å². The first-order chi connectivity index (χ1) is 8.72. The minimum atomic E-state index is 0.0326. The molecule has 1 unspecified atom stereocenters. The van der Waals surface area contributed by atoms with Crippen LogP contribution < -0.4 is 11.1 Å².